The molecule has 0 saturated heterocycles. The van der Waals surface area contributed by atoms with Crippen LogP contribution < -0.4 is 0 Å². The highest BCUT2D eigenvalue weighted by molar-refractivity contribution is 7.12. The Balaban J connectivity index is 2.08. The number of fused-ring (bicyclic) bond motifs is 1. The quantitative estimate of drug-likeness (QED) is 0.589. The van der Waals surface area contributed by atoms with Gasteiger partial charge in [0.15, 0.2) is 0 Å². The van der Waals surface area contributed by atoms with Gasteiger partial charge in [0, 0.05) is 12.3 Å². The van der Waals surface area contributed by atoms with Gasteiger partial charge in [0.25, 0.3) is 0 Å². The molecule has 1 heterocycles. The highest BCUT2D eigenvalue weighted by Crippen LogP contribution is 2.40. The number of thiophene rings is 1. The SMILES string of the molecule is ON=C1C[C@H](c2ccccc2)c2ccsc21. The molecule has 0 bridgehead atoms. The molecule has 3 heteroatoms. The van der Waals surface area contributed by atoms with Crippen LogP contribution in [0.15, 0.2) is 46.9 Å². The van der Waals surface area contributed by atoms with E-state index in [2.05, 4.69) is 40.9 Å². The van der Waals surface area contributed by atoms with Crippen molar-refractivity contribution in [1.29, 1.82) is 0 Å². The van der Waals surface area contributed by atoms with E-state index in [1.807, 2.05) is 6.07 Å². The minimum absolute atomic E-state index is 0.355. The first-order valence-electron chi connectivity index (χ1n) is 5.24. The third kappa shape index (κ3) is 1.36. The van der Waals surface area contributed by atoms with Gasteiger partial charge in [-0.05, 0) is 22.6 Å². The summed E-state index contributed by atoms with van der Waals surface area (Å²) in [5.74, 6) is 0.355. The molecule has 80 valence electrons. The summed E-state index contributed by atoms with van der Waals surface area (Å²) in [6.45, 7) is 0. The van der Waals surface area contributed by atoms with Gasteiger partial charge in [-0.1, -0.05) is 35.5 Å². The molecule has 0 amide bonds. The fourth-order valence-electron chi connectivity index (χ4n) is 2.29. The number of rotatable bonds is 1. The van der Waals surface area contributed by atoms with E-state index >= 15 is 0 Å². The maximum absolute atomic E-state index is 8.99. The number of hydrogen-bond donors (Lipinski definition) is 1. The zero-order chi connectivity index (χ0) is 11.0. The molecule has 0 radical (unpaired) electrons. The second-order valence-corrected chi connectivity index (χ2v) is 4.84. The molecule has 2 aromatic rings. The van der Waals surface area contributed by atoms with Crippen LogP contribution in [0, 0.1) is 0 Å². The van der Waals surface area contributed by atoms with E-state index in [-0.39, 0.29) is 0 Å². The Hall–Kier alpha value is -1.61. The van der Waals surface area contributed by atoms with E-state index < -0.39 is 0 Å². The fraction of sp³-hybridized carbons (Fsp3) is 0.154. The van der Waals surface area contributed by atoms with E-state index in [1.54, 1.807) is 11.3 Å². The van der Waals surface area contributed by atoms with Crippen molar-refractivity contribution in [3.05, 3.63) is 57.8 Å². The lowest BCUT2D eigenvalue weighted by Crippen LogP contribution is -1.97. The highest BCUT2D eigenvalue weighted by atomic mass is 32.1. The van der Waals surface area contributed by atoms with Crippen molar-refractivity contribution in [2.75, 3.05) is 0 Å². The summed E-state index contributed by atoms with van der Waals surface area (Å²) in [5, 5.41) is 14.5. The molecule has 1 aliphatic rings. The minimum Gasteiger partial charge on any atom is -0.411 e. The van der Waals surface area contributed by atoms with Crippen molar-refractivity contribution < 1.29 is 5.21 Å². The summed E-state index contributed by atoms with van der Waals surface area (Å²) in [5.41, 5.74) is 3.41. The molecular weight excluding hydrogens is 218 g/mol. The summed E-state index contributed by atoms with van der Waals surface area (Å²) < 4.78 is 0. The number of oxime groups is 1. The smallest absolute Gasteiger partial charge is 0.0979 e. The molecule has 3 rings (SSSR count). The summed E-state index contributed by atoms with van der Waals surface area (Å²) >= 11 is 1.65. The van der Waals surface area contributed by atoms with Crippen LogP contribution in [-0.4, -0.2) is 10.9 Å². The van der Waals surface area contributed by atoms with Crippen molar-refractivity contribution >= 4 is 17.0 Å². The molecule has 16 heavy (non-hydrogen) atoms. The first-order valence-corrected chi connectivity index (χ1v) is 6.11. The predicted molar refractivity (Wildman–Crippen MR) is 65.5 cm³/mol. The molecular formula is C13H11NOS. The highest BCUT2D eigenvalue weighted by Gasteiger charge is 2.30. The normalized spacial score (nSPS) is 21.2. The monoisotopic (exact) mass is 229 g/mol. The molecule has 1 atom stereocenters. The van der Waals surface area contributed by atoms with Gasteiger partial charge in [-0.2, -0.15) is 0 Å². The molecule has 0 fully saturated rings. The Morgan fingerprint density at radius 2 is 2.00 bits per heavy atom. The van der Waals surface area contributed by atoms with Crippen LogP contribution in [0.3, 0.4) is 0 Å². The van der Waals surface area contributed by atoms with Crippen LogP contribution in [0.2, 0.25) is 0 Å². The second kappa shape index (κ2) is 3.76. The maximum Gasteiger partial charge on any atom is 0.0979 e. The van der Waals surface area contributed by atoms with Gasteiger partial charge in [0.05, 0.1) is 10.6 Å². The zero-order valence-electron chi connectivity index (χ0n) is 8.63. The van der Waals surface area contributed by atoms with Gasteiger partial charge in [0.2, 0.25) is 0 Å². The van der Waals surface area contributed by atoms with Gasteiger partial charge in [0.1, 0.15) is 0 Å². The number of benzene rings is 1. The Labute approximate surface area is 97.9 Å². The Morgan fingerprint density at radius 1 is 1.19 bits per heavy atom. The Bertz CT molecular complexity index is 530. The van der Waals surface area contributed by atoms with E-state index in [9.17, 15) is 0 Å². The lowest BCUT2D eigenvalue weighted by Gasteiger charge is -2.09. The zero-order valence-corrected chi connectivity index (χ0v) is 9.45. The van der Waals surface area contributed by atoms with E-state index in [0.717, 1.165) is 17.0 Å². The van der Waals surface area contributed by atoms with Crippen molar-refractivity contribution in [3.8, 4) is 0 Å². The van der Waals surface area contributed by atoms with Gasteiger partial charge >= 0.3 is 0 Å². The van der Waals surface area contributed by atoms with Crippen LogP contribution in [0.5, 0.6) is 0 Å². The fourth-order valence-corrected chi connectivity index (χ4v) is 3.25. The lowest BCUT2D eigenvalue weighted by atomic mass is 9.94. The molecule has 0 unspecified atom stereocenters. The topological polar surface area (TPSA) is 32.6 Å². The minimum atomic E-state index is 0.355. The molecule has 0 aliphatic heterocycles. The van der Waals surface area contributed by atoms with E-state index in [4.69, 9.17) is 5.21 Å². The van der Waals surface area contributed by atoms with Crippen molar-refractivity contribution in [1.82, 2.24) is 0 Å². The standard InChI is InChI=1S/C13H11NOS/c15-14-12-8-11(9-4-2-1-3-5-9)10-6-7-16-13(10)12/h1-7,11,15H,8H2/t11-/m1/s1. The second-order valence-electron chi connectivity index (χ2n) is 3.92. The lowest BCUT2D eigenvalue weighted by molar-refractivity contribution is 0.318. The first-order chi connectivity index (χ1) is 7.90. The van der Waals surface area contributed by atoms with Crippen LogP contribution in [-0.2, 0) is 0 Å². The summed E-state index contributed by atoms with van der Waals surface area (Å²) in [7, 11) is 0. The van der Waals surface area contributed by atoms with Crippen LogP contribution in [0.1, 0.15) is 28.3 Å². The van der Waals surface area contributed by atoms with Gasteiger partial charge < -0.3 is 5.21 Å². The molecule has 2 nitrogen and oxygen atoms in total. The molecule has 0 spiro atoms. The molecule has 1 aliphatic carbocycles. The average Bonchev–Trinajstić information content (AvgIpc) is 2.91. The van der Waals surface area contributed by atoms with Crippen LogP contribution in [0.25, 0.3) is 0 Å². The van der Waals surface area contributed by atoms with Crippen molar-refractivity contribution in [3.63, 3.8) is 0 Å². The molecule has 1 N–H and O–H groups in total. The van der Waals surface area contributed by atoms with Crippen LogP contribution in [0.4, 0.5) is 0 Å². The van der Waals surface area contributed by atoms with Gasteiger partial charge in [-0.3, -0.25) is 0 Å². The largest absolute Gasteiger partial charge is 0.411 e. The molecule has 1 aromatic carbocycles. The Kier molecular flexibility index (Phi) is 2.26. The van der Waals surface area contributed by atoms with Gasteiger partial charge in [-0.15, -0.1) is 11.3 Å². The summed E-state index contributed by atoms with van der Waals surface area (Å²) in [6, 6.07) is 12.5. The van der Waals surface area contributed by atoms with Crippen molar-refractivity contribution in [2.45, 2.75) is 12.3 Å². The third-order valence-electron chi connectivity index (χ3n) is 3.05. The summed E-state index contributed by atoms with van der Waals surface area (Å²) in [4.78, 5) is 1.14. The first kappa shape index (κ1) is 9.60. The van der Waals surface area contributed by atoms with E-state index in [0.29, 0.717) is 5.92 Å². The summed E-state index contributed by atoms with van der Waals surface area (Å²) in [6.07, 6.45) is 0.808. The Morgan fingerprint density at radius 3 is 2.75 bits per heavy atom. The van der Waals surface area contributed by atoms with Gasteiger partial charge in [-0.25, -0.2) is 0 Å². The maximum atomic E-state index is 8.99. The van der Waals surface area contributed by atoms with Crippen LogP contribution >= 0.6 is 11.3 Å². The number of hydrogen-bond acceptors (Lipinski definition) is 3. The van der Waals surface area contributed by atoms with Crippen molar-refractivity contribution in [2.24, 2.45) is 5.16 Å². The van der Waals surface area contributed by atoms with E-state index in [1.165, 1.54) is 11.1 Å². The molecule has 1 aromatic heterocycles. The predicted octanol–water partition coefficient (Wildman–Crippen LogP) is 3.46. The number of nitrogens with zero attached hydrogens (tertiary/aromatic N) is 1. The third-order valence-corrected chi connectivity index (χ3v) is 4.03. The average molecular weight is 229 g/mol. The molecule has 0 saturated carbocycles.